The Morgan fingerprint density at radius 3 is 2.50 bits per heavy atom. The first-order chi connectivity index (χ1) is 15.9. The first kappa shape index (κ1) is 23.9. The fraction of sp³-hybridized carbons (Fsp3) is 0.391. The predicted octanol–water partition coefficient (Wildman–Crippen LogP) is 6.04. The van der Waals surface area contributed by atoms with Crippen molar-refractivity contribution in [2.75, 3.05) is 0 Å². The second-order valence-corrected chi connectivity index (χ2v) is 8.43. The normalized spacial score (nSPS) is 17.4. The van der Waals surface area contributed by atoms with Crippen molar-refractivity contribution >= 4 is 22.9 Å². The Morgan fingerprint density at radius 2 is 1.85 bits per heavy atom. The van der Waals surface area contributed by atoms with Crippen molar-refractivity contribution in [1.29, 1.82) is 0 Å². The Morgan fingerprint density at radius 1 is 1.18 bits per heavy atom. The number of aromatic nitrogens is 4. The van der Waals surface area contributed by atoms with Gasteiger partial charge in [0.15, 0.2) is 11.5 Å². The van der Waals surface area contributed by atoms with Crippen molar-refractivity contribution in [3.05, 3.63) is 62.8 Å². The Hall–Kier alpha value is -3.24. The summed E-state index contributed by atoms with van der Waals surface area (Å²) in [6, 6.07) is 2.94. The van der Waals surface area contributed by atoms with Gasteiger partial charge in [-0.15, -0.1) is 0 Å². The van der Waals surface area contributed by atoms with E-state index >= 15 is 4.39 Å². The molecule has 3 aromatic heterocycles. The summed E-state index contributed by atoms with van der Waals surface area (Å²) in [4.78, 5) is 20.6. The highest BCUT2D eigenvalue weighted by Crippen LogP contribution is 2.39. The van der Waals surface area contributed by atoms with Gasteiger partial charge in [-0.1, -0.05) is 0 Å². The molecule has 0 aromatic carbocycles. The third-order valence-electron chi connectivity index (χ3n) is 5.96. The smallest absolute Gasteiger partial charge is 0.285 e. The molecule has 5 nitrogen and oxygen atoms in total. The molecule has 1 fully saturated rings. The van der Waals surface area contributed by atoms with Gasteiger partial charge in [0.25, 0.3) is 0 Å². The summed E-state index contributed by atoms with van der Waals surface area (Å²) < 4.78 is 82.8. The number of pyridine rings is 2. The molecular formula is C23H20F6N4O. The summed E-state index contributed by atoms with van der Waals surface area (Å²) in [5.41, 5.74) is -1.39. The van der Waals surface area contributed by atoms with Crippen LogP contribution < -0.4 is 5.43 Å². The van der Waals surface area contributed by atoms with Gasteiger partial charge in [-0.2, -0.15) is 18.3 Å². The van der Waals surface area contributed by atoms with Crippen molar-refractivity contribution in [3.63, 3.8) is 0 Å². The summed E-state index contributed by atoms with van der Waals surface area (Å²) in [7, 11) is 0. The highest BCUT2D eigenvalue weighted by atomic mass is 19.4. The SMILES string of the molecule is Cc1cc2c(nc1C)c(=O)c(/C(F)=C/c1ccnc(C(F)(F)F)c1)nn2C1CCC(F)(F)CC1. The Bertz CT molecular complexity index is 1340. The molecule has 4 rings (SSSR count). The summed E-state index contributed by atoms with van der Waals surface area (Å²) in [5.74, 6) is -3.97. The van der Waals surface area contributed by atoms with Gasteiger partial charge in [-0.3, -0.25) is 14.5 Å². The van der Waals surface area contributed by atoms with E-state index in [4.69, 9.17) is 0 Å². The molecule has 0 aliphatic heterocycles. The highest BCUT2D eigenvalue weighted by molar-refractivity contribution is 5.82. The van der Waals surface area contributed by atoms with Gasteiger partial charge in [0.2, 0.25) is 11.4 Å². The summed E-state index contributed by atoms with van der Waals surface area (Å²) in [5, 5.41) is 4.15. The average Bonchev–Trinajstić information content (AvgIpc) is 2.75. The molecule has 0 radical (unpaired) electrons. The van der Waals surface area contributed by atoms with Crippen molar-refractivity contribution in [2.45, 2.75) is 57.7 Å². The number of hydrogen-bond acceptors (Lipinski definition) is 4. The maximum atomic E-state index is 15.2. The van der Waals surface area contributed by atoms with Crippen molar-refractivity contribution in [3.8, 4) is 0 Å². The lowest BCUT2D eigenvalue weighted by molar-refractivity contribution is -0.141. The molecule has 11 heteroatoms. The van der Waals surface area contributed by atoms with Crippen LogP contribution in [0.5, 0.6) is 0 Å². The van der Waals surface area contributed by atoms with Gasteiger partial charge >= 0.3 is 6.18 Å². The number of alkyl halides is 5. The molecule has 3 heterocycles. The zero-order valence-corrected chi connectivity index (χ0v) is 18.3. The van der Waals surface area contributed by atoms with E-state index in [0.29, 0.717) is 17.3 Å². The van der Waals surface area contributed by atoms with Gasteiger partial charge in [0, 0.05) is 24.7 Å². The van der Waals surface area contributed by atoms with Crippen LogP contribution in [0, 0.1) is 13.8 Å². The van der Waals surface area contributed by atoms with Crippen LogP contribution in [0.15, 0.2) is 29.2 Å². The summed E-state index contributed by atoms with van der Waals surface area (Å²) >= 11 is 0. The molecule has 1 aliphatic carbocycles. The largest absolute Gasteiger partial charge is 0.433 e. The van der Waals surface area contributed by atoms with Crippen molar-refractivity contribution in [1.82, 2.24) is 19.7 Å². The molecule has 1 aliphatic rings. The number of rotatable bonds is 3. The summed E-state index contributed by atoms with van der Waals surface area (Å²) in [6.45, 7) is 3.43. The molecule has 0 spiro atoms. The third-order valence-corrected chi connectivity index (χ3v) is 5.96. The molecule has 0 atom stereocenters. The average molecular weight is 482 g/mol. The van der Waals surface area contributed by atoms with E-state index in [9.17, 15) is 26.7 Å². The number of hydrogen-bond donors (Lipinski definition) is 0. The maximum absolute atomic E-state index is 15.2. The Balaban J connectivity index is 1.86. The standard InChI is InChI=1S/C23H20F6N4O/c1-12-9-17-20(31-13(12)2)21(34)19(32-33(17)15-3-6-22(25,26)7-4-15)16(24)10-14-5-8-30-18(11-14)23(27,28)29/h5,8-11,15H,3-4,6-7H2,1-2H3/b16-10-. The van der Waals surface area contributed by atoms with E-state index in [1.54, 1.807) is 19.9 Å². The number of fused-ring (bicyclic) bond motifs is 1. The van der Waals surface area contributed by atoms with Crippen LogP contribution in [0.4, 0.5) is 26.3 Å². The van der Waals surface area contributed by atoms with Crippen LogP contribution in [0.25, 0.3) is 22.9 Å². The van der Waals surface area contributed by atoms with Crippen molar-refractivity contribution < 1.29 is 26.3 Å². The molecular weight excluding hydrogens is 462 g/mol. The number of halogens is 6. The van der Waals surface area contributed by atoms with Gasteiger partial charge in [0.05, 0.1) is 11.6 Å². The molecule has 0 N–H and O–H groups in total. The van der Waals surface area contributed by atoms with Crippen LogP contribution in [0.2, 0.25) is 0 Å². The zero-order valence-electron chi connectivity index (χ0n) is 18.3. The van der Waals surface area contributed by atoms with Gasteiger partial charge in [-0.25, -0.2) is 18.2 Å². The second kappa shape index (κ2) is 8.52. The second-order valence-electron chi connectivity index (χ2n) is 8.43. The van der Waals surface area contributed by atoms with Crippen LogP contribution in [-0.2, 0) is 6.18 Å². The van der Waals surface area contributed by atoms with Gasteiger partial charge < -0.3 is 0 Å². The lowest BCUT2D eigenvalue weighted by Crippen LogP contribution is -2.29. The molecule has 180 valence electrons. The highest BCUT2D eigenvalue weighted by Gasteiger charge is 2.36. The number of nitrogens with zero attached hydrogens (tertiary/aromatic N) is 4. The molecule has 0 saturated heterocycles. The van der Waals surface area contributed by atoms with E-state index in [2.05, 4.69) is 15.1 Å². The minimum absolute atomic E-state index is 0.0644. The van der Waals surface area contributed by atoms with Crippen LogP contribution in [0.3, 0.4) is 0 Å². The number of aryl methyl sites for hydroxylation is 2. The van der Waals surface area contributed by atoms with E-state index in [1.165, 1.54) is 4.68 Å². The predicted molar refractivity (Wildman–Crippen MR) is 114 cm³/mol. The zero-order chi connectivity index (χ0) is 24.8. The van der Waals surface area contributed by atoms with E-state index in [-0.39, 0.29) is 36.8 Å². The minimum Gasteiger partial charge on any atom is -0.285 e. The summed E-state index contributed by atoms with van der Waals surface area (Å²) in [6.07, 6.45) is -3.72. The molecule has 0 bridgehead atoms. The topological polar surface area (TPSA) is 60.7 Å². The van der Waals surface area contributed by atoms with Crippen LogP contribution in [0.1, 0.15) is 59.9 Å². The lowest BCUT2D eigenvalue weighted by atomic mass is 9.92. The molecule has 34 heavy (non-hydrogen) atoms. The van der Waals surface area contributed by atoms with Crippen molar-refractivity contribution in [2.24, 2.45) is 0 Å². The van der Waals surface area contributed by atoms with E-state index in [1.807, 2.05) is 0 Å². The fourth-order valence-corrected chi connectivity index (χ4v) is 3.96. The molecule has 3 aromatic rings. The quantitative estimate of drug-likeness (QED) is 0.427. The first-order valence-corrected chi connectivity index (χ1v) is 10.6. The van der Waals surface area contributed by atoms with Crippen LogP contribution in [-0.4, -0.2) is 25.7 Å². The Kier molecular flexibility index (Phi) is 5.99. The van der Waals surface area contributed by atoms with Gasteiger partial charge in [-0.05, 0) is 62.1 Å². The third kappa shape index (κ3) is 4.69. The fourth-order valence-electron chi connectivity index (χ4n) is 3.96. The maximum Gasteiger partial charge on any atom is 0.433 e. The van der Waals surface area contributed by atoms with E-state index < -0.39 is 40.8 Å². The minimum atomic E-state index is -4.73. The molecule has 1 saturated carbocycles. The molecule has 0 unspecified atom stereocenters. The Labute approximate surface area is 190 Å². The van der Waals surface area contributed by atoms with Gasteiger partial charge in [0.1, 0.15) is 11.2 Å². The lowest BCUT2D eigenvalue weighted by Gasteiger charge is -2.30. The monoisotopic (exact) mass is 482 g/mol. The van der Waals surface area contributed by atoms with E-state index in [0.717, 1.165) is 23.9 Å². The van der Waals surface area contributed by atoms with Crippen LogP contribution >= 0.6 is 0 Å². The molecule has 0 amide bonds. The first-order valence-electron chi connectivity index (χ1n) is 10.6.